The second-order valence-corrected chi connectivity index (χ2v) is 7.19. The van der Waals surface area contributed by atoms with E-state index in [0.717, 1.165) is 11.3 Å². The van der Waals surface area contributed by atoms with Crippen molar-refractivity contribution in [1.29, 1.82) is 0 Å². The summed E-state index contributed by atoms with van der Waals surface area (Å²) in [6.07, 6.45) is 0.244. The van der Waals surface area contributed by atoms with Gasteiger partial charge in [-0.1, -0.05) is 12.1 Å². The number of methoxy groups -OCH3 is 2. The van der Waals surface area contributed by atoms with Crippen molar-refractivity contribution in [3.63, 3.8) is 0 Å². The molecule has 0 bridgehead atoms. The van der Waals surface area contributed by atoms with Crippen molar-refractivity contribution >= 4 is 16.9 Å². The van der Waals surface area contributed by atoms with Gasteiger partial charge in [-0.15, -0.1) is 0 Å². The Kier molecular flexibility index (Phi) is 4.27. The number of carbonyl (C=O) groups is 1. The number of aromatic nitrogens is 1. The Morgan fingerprint density at radius 3 is 2.75 bits per heavy atom. The predicted octanol–water partition coefficient (Wildman–Crippen LogP) is 3.19. The Morgan fingerprint density at radius 1 is 1.29 bits per heavy atom. The molecule has 0 aliphatic carbocycles. The van der Waals surface area contributed by atoms with Gasteiger partial charge in [0.25, 0.3) is 0 Å². The third-order valence-electron chi connectivity index (χ3n) is 5.34. The number of ether oxygens (including phenoxy) is 2. The minimum Gasteiger partial charge on any atom is -0.508 e. The third-order valence-corrected chi connectivity index (χ3v) is 5.34. The molecule has 2 unspecified atom stereocenters. The zero-order valence-electron chi connectivity index (χ0n) is 15.8. The molecule has 146 valence electrons. The standard InChI is InChI=1S/C21H21FN2O4/c1-21(20(26)28-3)10-13-16-14(7-8-15(27-2)17(16)22)23-19(13)18(24-21)11-5-4-6-12(25)9-11/h4-9,18,23-25H,10H2,1-3H3. The molecule has 7 heteroatoms. The average molecular weight is 384 g/mol. The second kappa shape index (κ2) is 6.53. The van der Waals surface area contributed by atoms with Crippen molar-refractivity contribution < 1.29 is 23.8 Å². The fourth-order valence-corrected chi connectivity index (χ4v) is 4.01. The molecule has 1 aromatic heterocycles. The number of hydrogen-bond acceptors (Lipinski definition) is 5. The van der Waals surface area contributed by atoms with Gasteiger partial charge in [-0.2, -0.15) is 0 Å². The number of aromatic hydroxyl groups is 1. The van der Waals surface area contributed by atoms with Gasteiger partial charge in [0.2, 0.25) is 0 Å². The summed E-state index contributed by atoms with van der Waals surface area (Å²) in [6.45, 7) is 1.73. The molecule has 4 rings (SSSR count). The predicted molar refractivity (Wildman–Crippen MR) is 102 cm³/mol. The van der Waals surface area contributed by atoms with Crippen LogP contribution in [0.2, 0.25) is 0 Å². The van der Waals surface area contributed by atoms with Crippen LogP contribution < -0.4 is 10.1 Å². The number of hydrogen-bond donors (Lipinski definition) is 3. The fraction of sp³-hybridized carbons (Fsp3) is 0.286. The van der Waals surface area contributed by atoms with Gasteiger partial charge < -0.3 is 19.6 Å². The van der Waals surface area contributed by atoms with E-state index >= 15 is 4.39 Å². The maximum Gasteiger partial charge on any atom is 0.326 e. The van der Waals surface area contributed by atoms with Crippen molar-refractivity contribution in [2.45, 2.75) is 24.9 Å². The van der Waals surface area contributed by atoms with E-state index < -0.39 is 23.4 Å². The number of rotatable bonds is 3. The van der Waals surface area contributed by atoms with Crippen LogP contribution in [0.5, 0.6) is 11.5 Å². The number of aromatic amines is 1. The lowest BCUT2D eigenvalue weighted by Crippen LogP contribution is -2.56. The highest BCUT2D eigenvalue weighted by molar-refractivity contribution is 5.90. The molecule has 2 heterocycles. The Bertz CT molecular complexity index is 1080. The molecular weight excluding hydrogens is 363 g/mol. The number of H-pyrrole nitrogens is 1. The van der Waals surface area contributed by atoms with Gasteiger partial charge in [-0.3, -0.25) is 10.1 Å². The molecule has 2 aromatic carbocycles. The first kappa shape index (κ1) is 18.3. The average Bonchev–Trinajstić information content (AvgIpc) is 3.05. The van der Waals surface area contributed by atoms with Crippen LogP contribution in [-0.2, 0) is 16.0 Å². The monoisotopic (exact) mass is 384 g/mol. The van der Waals surface area contributed by atoms with E-state index in [1.165, 1.54) is 14.2 Å². The first-order valence-corrected chi connectivity index (χ1v) is 8.90. The largest absolute Gasteiger partial charge is 0.508 e. The van der Waals surface area contributed by atoms with Gasteiger partial charge in [0.05, 0.1) is 20.3 Å². The summed E-state index contributed by atoms with van der Waals surface area (Å²) in [4.78, 5) is 15.8. The summed E-state index contributed by atoms with van der Waals surface area (Å²) in [6, 6.07) is 9.61. The maximum atomic E-state index is 15.1. The normalized spacial score (nSPS) is 21.4. The molecule has 0 saturated carbocycles. The van der Waals surface area contributed by atoms with Gasteiger partial charge >= 0.3 is 5.97 Å². The molecule has 0 spiro atoms. The van der Waals surface area contributed by atoms with Crippen LogP contribution in [0.1, 0.15) is 29.8 Å². The van der Waals surface area contributed by atoms with Crippen LogP contribution in [0, 0.1) is 5.82 Å². The number of esters is 1. The van der Waals surface area contributed by atoms with E-state index in [9.17, 15) is 9.90 Å². The fourth-order valence-electron chi connectivity index (χ4n) is 4.01. The van der Waals surface area contributed by atoms with E-state index in [2.05, 4.69) is 10.3 Å². The molecule has 0 fully saturated rings. The number of nitrogens with one attached hydrogen (secondary N) is 2. The smallest absolute Gasteiger partial charge is 0.326 e. The maximum absolute atomic E-state index is 15.1. The molecule has 1 aliphatic rings. The summed E-state index contributed by atoms with van der Waals surface area (Å²) >= 11 is 0. The number of fused-ring (bicyclic) bond motifs is 3. The van der Waals surface area contributed by atoms with Crippen molar-refractivity contribution in [2.24, 2.45) is 0 Å². The lowest BCUT2D eigenvalue weighted by Gasteiger charge is -2.37. The van der Waals surface area contributed by atoms with Crippen molar-refractivity contribution in [3.05, 3.63) is 59.0 Å². The van der Waals surface area contributed by atoms with Gasteiger partial charge in [0, 0.05) is 23.0 Å². The summed E-state index contributed by atoms with van der Waals surface area (Å²) < 4.78 is 25.2. The molecule has 2 atom stereocenters. The quantitative estimate of drug-likeness (QED) is 0.604. The Labute approximate surface area is 161 Å². The summed E-state index contributed by atoms with van der Waals surface area (Å²) in [5, 5.41) is 13.6. The summed E-state index contributed by atoms with van der Waals surface area (Å²) in [7, 11) is 2.74. The zero-order chi connectivity index (χ0) is 20.1. The number of halogens is 1. The Balaban J connectivity index is 1.98. The second-order valence-electron chi connectivity index (χ2n) is 7.19. The Hall–Kier alpha value is -3.06. The topological polar surface area (TPSA) is 83.6 Å². The molecular formula is C21H21FN2O4. The van der Waals surface area contributed by atoms with Crippen molar-refractivity contribution in [2.75, 3.05) is 14.2 Å². The van der Waals surface area contributed by atoms with Gasteiger partial charge in [-0.05, 0) is 42.3 Å². The minimum atomic E-state index is -1.07. The number of phenols is 1. The van der Waals surface area contributed by atoms with Gasteiger partial charge in [-0.25, -0.2) is 4.39 Å². The van der Waals surface area contributed by atoms with Crippen LogP contribution >= 0.6 is 0 Å². The van der Waals surface area contributed by atoms with Gasteiger partial charge in [0.1, 0.15) is 11.3 Å². The molecule has 28 heavy (non-hydrogen) atoms. The van der Waals surface area contributed by atoms with Crippen molar-refractivity contribution in [3.8, 4) is 11.5 Å². The van der Waals surface area contributed by atoms with Crippen molar-refractivity contribution in [1.82, 2.24) is 10.3 Å². The number of carbonyl (C=O) groups excluding carboxylic acids is 1. The molecule has 3 N–H and O–H groups in total. The van der Waals surface area contributed by atoms with Gasteiger partial charge in [0.15, 0.2) is 11.6 Å². The van der Waals surface area contributed by atoms with Crippen LogP contribution in [0.3, 0.4) is 0 Å². The van der Waals surface area contributed by atoms with E-state index in [-0.39, 0.29) is 17.9 Å². The van der Waals surface area contributed by atoms with Crippen LogP contribution in [0.15, 0.2) is 36.4 Å². The molecule has 1 aliphatic heterocycles. The molecule has 0 amide bonds. The highest BCUT2D eigenvalue weighted by Crippen LogP contribution is 2.41. The highest BCUT2D eigenvalue weighted by atomic mass is 19.1. The number of benzene rings is 2. The Morgan fingerprint density at radius 2 is 2.07 bits per heavy atom. The number of phenolic OH excluding ortho intramolecular Hbond substituents is 1. The lowest BCUT2D eigenvalue weighted by atomic mass is 9.82. The van der Waals surface area contributed by atoms with Crippen LogP contribution in [0.25, 0.3) is 10.9 Å². The van der Waals surface area contributed by atoms with E-state index in [1.54, 1.807) is 37.3 Å². The highest BCUT2D eigenvalue weighted by Gasteiger charge is 2.44. The first-order chi connectivity index (χ1) is 13.4. The minimum absolute atomic E-state index is 0.107. The third kappa shape index (κ3) is 2.70. The molecule has 0 radical (unpaired) electrons. The van der Waals surface area contributed by atoms with E-state index in [1.807, 2.05) is 6.07 Å². The van der Waals surface area contributed by atoms with Crippen LogP contribution in [0.4, 0.5) is 4.39 Å². The van der Waals surface area contributed by atoms with E-state index in [4.69, 9.17) is 9.47 Å². The van der Waals surface area contributed by atoms with E-state index in [0.29, 0.717) is 16.5 Å². The molecule has 0 saturated heterocycles. The summed E-state index contributed by atoms with van der Waals surface area (Å²) in [5.74, 6) is -0.668. The first-order valence-electron chi connectivity index (χ1n) is 8.90. The molecule has 3 aromatic rings. The zero-order valence-corrected chi connectivity index (χ0v) is 15.8. The SMILES string of the molecule is COC(=O)C1(C)Cc2c([nH]c3ccc(OC)c(F)c23)C(c2cccc(O)c2)N1. The lowest BCUT2D eigenvalue weighted by molar-refractivity contribution is -0.148. The molecule has 6 nitrogen and oxygen atoms in total. The summed E-state index contributed by atoms with van der Waals surface area (Å²) in [5.41, 5.74) is 1.72. The van der Waals surface area contributed by atoms with Crippen LogP contribution in [-0.4, -0.2) is 35.8 Å².